The highest BCUT2D eigenvalue weighted by Crippen LogP contribution is 2.29. The van der Waals surface area contributed by atoms with Crippen LogP contribution in [0.3, 0.4) is 0 Å². The number of benzene rings is 1. The molecule has 1 saturated heterocycles. The number of para-hydroxylation sites is 1. The maximum atomic E-state index is 13.6. The maximum Gasteiger partial charge on any atom is 0.316 e. The van der Waals surface area contributed by atoms with Crippen molar-refractivity contribution in [1.82, 2.24) is 24.5 Å². The second-order valence-corrected chi connectivity index (χ2v) is 10.4. The van der Waals surface area contributed by atoms with Gasteiger partial charge in [-0.25, -0.2) is 0 Å². The smallest absolute Gasteiger partial charge is 0.316 e. The standard InChI is InChI=1S/C29H40N6O2/c1-3-34-23(2)25(20-30-34)22-32-15-17-33(18-16-32)27-21-31-35(26-12-8-5-9-13-26)29(36)28(27)37-19-14-24-10-6-4-7-11-24/h5,8-9,12-13,20-21,24H,3-4,6-7,10-11,14-19,22H2,1-2H3. The summed E-state index contributed by atoms with van der Waals surface area (Å²) in [7, 11) is 0. The molecule has 0 bridgehead atoms. The molecule has 2 aliphatic rings. The first kappa shape index (κ1) is 25.5. The van der Waals surface area contributed by atoms with Gasteiger partial charge in [0.2, 0.25) is 5.75 Å². The van der Waals surface area contributed by atoms with Gasteiger partial charge >= 0.3 is 5.56 Å². The van der Waals surface area contributed by atoms with Gasteiger partial charge in [0.15, 0.2) is 0 Å². The summed E-state index contributed by atoms with van der Waals surface area (Å²) < 4.78 is 9.81. The third-order valence-electron chi connectivity index (χ3n) is 8.02. The van der Waals surface area contributed by atoms with Crippen LogP contribution in [0.15, 0.2) is 47.5 Å². The Morgan fingerprint density at radius 1 is 0.973 bits per heavy atom. The summed E-state index contributed by atoms with van der Waals surface area (Å²) in [6, 6.07) is 9.60. The average Bonchev–Trinajstić information content (AvgIpc) is 3.29. The minimum atomic E-state index is -0.183. The van der Waals surface area contributed by atoms with E-state index in [0.29, 0.717) is 18.3 Å². The van der Waals surface area contributed by atoms with Crippen LogP contribution in [0.4, 0.5) is 5.69 Å². The molecule has 3 aromatic rings. The molecule has 0 unspecified atom stereocenters. The van der Waals surface area contributed by atoms with Crippen molar-refractivity contribution in [1.29, 1.82) is 0 Å². The van der Waals surface area contributed by atoms with Crippen LogP contribution in [0.5, 0.6) is 5.75 Å². The quantitative estimate of drug-likeness (QED) is 0.430. The molecule has 0 spiro atoms. The molecule has 37 heavy (non-hydrogen) atoms. The minimum absolute atomic E-state index is 0.183. The van der Waals surface area contributed by atoms with Crippen molar-refractivity contribution in [3.63, 3.8) is 0 Å². The van der Waals surface area contributed by atoms with E-state index in [2.05, 4.69) is 38.5 Å². The first-order valence-corrected chi connectivity index (χ1v) is 13.9. The second-order valence-electron chi connectivity index (χ2n) is 10.4. The lowest BCUT2D eigenvalue weighted by Crippen LogP contribution is -2.46. The molecule has 8 nitrogen and oxygen atoms in total. The summed E-state index contributed by atoms with van der Waals surface area (Å²) in [5.74, 6) is 1.14. The van der Waals surface area contributed by atoms with Crippen molar-refractivity contribution in [2.45, 2.75) is 65.5 Å². The van der Waals surface area contributed by atoms with Gasteiger partial charge in [-0.2, -0.15) is 14.9 Å². The molecule has 8 heteroatoms. The second kappa shape index (κ2) is 11.9. The molecular formula is C29H40N6O2. The fourth-order valence-corrected chi connectivity index (χ4v) is 5.69. The van der Waals surface area contributed by atoms with Crippen LogP contribution in [0.2, 0.25) is 0 Å². The predicted molar refractivity (Wildman–Crippen MR) is 147 cm³/mol. The number of aryl methyl sites for hydroxylation is 1. The van der Waals surface area contributed by atoms with Gasteiger partial charge in [0, 0.05) is 50.5 Å². The van der Waals surface area contributed by atoms with Gasteiger partial charge in [-0.1, -0.05) is 50.3 Å². The van der Waals surface area contributed by atoms with Crippen molar-refractivity contribution < 1.29 is 4.74 Å². The largest absolute Gasteiger partial charge is 0.486 e. The Labute approximate surface area is 219 Å². The molecule has 2 fully saturated rings. The summed E-state index contributed by atoms with van der Waals surface area (Å²) in [5.41, 5.74) is 3.92. The predicted octanol–water partition coefficient (Wildman–Crippen LogP) is 4.43. The van der Waals surface area contributed by atoms with Gasteiger partial charge in [0.25, 0.3) is 0 Å². The summed E-state index contributed by atoms with van der Waals surface area (Å²) >= 11 is 0. The fourth-order valence-electron chi connectivity index (χ4n) is 5.69. The lowest BCUT2D eigenvalue weighted by molar-refractivity contribution is 0.237. The number of ether oxygens (including phenoxy) is 1. The van der Waals surface area contributed by atoms with Crippen LogP contribution in [-0.2, 0) is 13.1 Å². The van der Waals surface area contributed by atoms with E-state index in [1.165, 1.54) is 48.0 Å². The lowest BCUT2D eigenvalue weighted by atomic mass is 9.87. The van der Waals surface area contributed by atoms with E-state index in [9.17, 15) is 4.79 Å². The number of rotatable bonds is 9. The Morgan fingerprint density at radius 2 is 1.73 bits per heavy atom. The summed E-state index contributed by atoms with van der Waals surface area (Å²) in [4.78, 5) is 18.3. The zero-order chi connectivity index (χ0) is 25.6. The monoisotopic (exact) mass is 504 g/mol. The third-order valence-corrected chi connectivity index (χ3v) is 8.02. The van der Waals surface area contributed by atoms with Gasteiger partial charge in [-0.3, -0.25) is 14.4 Å². The zero-order valence-corrected chi connectivity index (χ0v) is 22.3. The molecular weight excluding hydrogens is 464 g/mol. The summed E-state index contributed by atoms with van der Waals surface area (Å²) in [5, 5.41) is 9.05. The average molecular weight is 505 g/mol. The maximum absolute atomic E-state index is 13.6. The Morgan fingerprint density at radius 3 is 2.43 bits per heavy atom. The molecule has 2 aromatic heterocycles. The van der Waals surface area contributed by atoms with Gasteiger partial charge in [-0.15, -0.1) is 0 Å². The third kappa shape index (κ3) is 5.90. The molecule has 0 atom stereocenters. The van der Waals surface area contributed by atoms with Gasteiger partial charge in [0.05, 0.1) is 24.7 Å². The van der Waals surface area contributed by atoms with Crippen molar-refractivity contribution in [3.8, 4) is 11.4 Å². The highest BCUT2D eigenvalue weighted by Gasteiger charge is 2.24. The van der Waals surface area contributed by atoms with Gasteiger partial charge in [0.1, 0.15) is 5.69 Å². The first-order chi connectivity index (χ1) is 18.1. The Bertz CT molecular complexity index is 1210. The molecule has 5 rings (SSSR count). The SMILES string of the molecule is CCn1ncc(CN2CCN(c3cnn(-c4ccccc4)c(=O)c3OCCC3CCCCC3)CC2)c1C. The van der Waals surface area contributed by atoms with Crippen LogP contribution < -0.4 is 15.2 Å². The molecule has 0 radical (unpaired) electrons. The Balaban J connectivity index is 1.31. The topological polar surface area (TPSA) is 68.4 Å². The van der Waals surface area contributed by atoms with Crippen LogP contribution >= 0.6 is 0 Å². The van der Waals surface area contributed by atoms with E-state index in [1.54, 1.807) is 0 Å². The van der Waals surface area contributed by atoms with Crippen LogP contribution in [0.1, 0.15) is 56.7 Å². The number of nitrogens with zero attached hydrogens (tertiary/aromatic N) is 6. The van der Waals surface area contributed by atoms with Gasteiger partial charge in [-0.05, 0) is 38.3 Å². The van der Waals surface area contributed by atoms with E-state index in [0.717, 1.165) is 57.1 Å². The van der Waals surface area contributed by atoms with Gasteiger partial charge < -0.3 is 9.64 Å². The molecule has 3 heterocycles. The zero-order valence-electron chi connectivity index (χ0n) is 22.3. The van der Waals surface area contributed by atoms with Crippen LogP contribution in [0, 0.1) is 12.8 Å². The molecule has 1 aliphatic heterocycles. The van der Waals surface area contributed by atoms with Crippen LogP contribution in [0.25, 0.3) is 5.69 Å². The van der Waals surface area contributed by atoms with E-state index < -0.39 is 0 Å². The molecule has 0 amide bonds. The number of hydrogen-bond donors (Lipinski definition) is 0. The number of piperazine rings is 1. The highest BCUT2D eigenvalue weighted by molar-refractivity contribution is 5.57. The highest BCUT2D eigenvalue weighted by atomic mass is 16.5. The minimum Gasteiger partial charge on any atom is -0.486 e. The summed E-state index contributed by atoms with van der Waals surface area (Å²) in [6.07, 6.45) is 11.3. The molecule has 1 aliphatic carbocycles. The molecule has 1 saturated carbocycles. The van der Waals surface area contributed by atoms with E-state index in [1.807, 2.05) is 42.7 Å². The normalized spacial score (nSPS) is 17.3. The molecule has 198 valence electrons. The van der Waals surface area contributed by atoms with Crippen molar-refractivity contribution in [3.05, 3.63) is 64.3 Å². The number of anilines is 1. The van der Waals surface area contributed by atoms with Crippen molar-refractivity contribution in [2.24, 2.45) is 5.92 Å². The fraction of sp³-hybridized carbons (Fsp3) is 0.552. The van der Waals surface area contributed by atoms with Crippen LogP contribution in [-0.4, -0.2) is 57.2 Å². The van der Waals surface area contributed by atoms with E-state index >= 15 is 0 Å². The molecule has 0 N–H and O–H groups in total. The van der Waals surface area contributed by atoms with E-state index in [4.69, 9.17) is 4.74 Å². The van der Waals surface area contributed by atoms with Crippen molar-refractivity contribution >= 4 is 5.69 Å². The van der Waals surface area contributed by atoms with E-state index in [-0.39, 0.29) is 5.56 Å². The Hall–Kier alpha value is -3.13. The Kier molecular flexibility index (Phi) is 8.24. The number of aromatic nitrogens is 4. The number of hydrogen-bond acceptors (Lipinski definition) is 6. The first-order valence-electron chi connectivity index (χ1n) is 13.9. The van der Waals surface area contributed by atoms with Crippen molar-refractivity contribution in [2.75, 3.05) is 37.7 Å². The lowest BCUT2D eigenvalue weighted by Gasteiger charge is -2.36. The summed E-state index contributed by atoms with van der Waals surface area (Å²) in [6.45, 7) is 10.1. The molecule has 1 aromatic carbocycles.